The number of nitrogens with one attached hydrogen (secondary N) is 1. The summed E-state index contributed by atoms with van der Waals surface area (Å²) in [4.78, 5) is 21.1. The summed E-state index contributed by atoms with van der Waals surface area (Å²) < 4.78 is 3.73. The van der Waals surface area contributed by atoms with E-state index in [4.69, 9.17) is 0 Å². The van der Waals surface area contributed by atoms with Crippen LogP contribution in [-0.4, -0.2) is 30.1 Å². The van der Waals surface area contributed by atoms with Crippen LogP contribution >= 0.6 is 0 Å². The van der Waals surface area contributed by atoms with Crippen molar-refractivity contribution in [3.05, 3.63) is 47.9 Å². The first kappa shape index (κ1) is 15.2. The Balaban J connectivity index is 1.75. The number of hydrogen-bond acceptors (Lipinski definition) is 4. The van der Waals surface area contributed by atoms with Crippen molar-refractivity contribution in [2.45, 2.75) is 39.8 Å². The van der Waals surface area contributed by atoms with Gasteiger partial charge in [0.25, 0.3) is 0 Å². The first-order chi connectivity index (χ1) is 11.1. The van der Waals surface area contributed by atoms with Crippen molar-refractivity contribution in [3.63, 3.8) is 0 Å². The van der Waals surface area contributed by atoms with Crippen LogP contribution in [0.25, 0.3) is 5.65 Å². The normalized spacial score (nSPS) is 12.5. The molecule has 7 heteroatoms. The minimum Gasteiger partial charge on any atom is -0.346 e. The fraction of sp³-hybridized carbons (Fsp3) is 0.375. The number of pyridine rings is 1. The predicted octanol–water partition coefficient (Wildman–Crippen LogP) is 1.67. The van der Waals surface area contributed by atoms with Gasteiger partial charge < -0.3 is 9.72 Å². The summed E-state index contributed by atoms with van der Waals surface area (Å²) in [5, 5.41) is 7.12. The molecule has 1 unspecified atom stereocenters. The number of amides is 1. The Morgan fingerprint density at radius 1 is 1.39 bits per heavy atom. The lowest BCUT2D eigenvalue weighted by molar-refractivity contribution is -0.121. The lowest BCUT2D eigenvalue weighted by Crippen LogP contribution is -2.30. The van der Waals surface area contributed by atoms with Gasteiger partial charge in [-0.3, -0.25) is 4.79 Å². The Hall–Kier alpha value is -2.70. The van der Waals surface area contributed by atoms with Crippen LogP contribution < -0.4 is 5.32 Å². The molecule has 1 amide bonds. The van der Waals surface area contributed by atoms with Crippen LogP contribution in [0.15, 0.2) is 30.7 Å². The first-order valence-electron chi connectivity index (χ1n) is 7.69. The molecule has 3 aromatic heterocycles. The predicted molar refractivity (Wildman–Crippen MR) is 85.9 cm³/mol. The van der Waals surface area contributed by atoms with E-state index in [1.54, 1.807) is 4.68 Å². The van der Waals surface area contributed by atoms with Crippen molar-refractivity contribution in [2.75, 3.05) is 0 Å². The van der Waals surface area contributed by atoms with Crippen molar-refractivity contribution in [3.8, 4) is 0 Å². The van der Waals surface area contributed by atoms with Crippen LogP contribution in [0.1, 0.15) is 37.1 Å². The number of fused-ring (bicyclic) bond motifs is 1. The molecule has 0 aliphatic rings. The number of carbonyl (C=O) groups excluding carboxylic acids is 1. The van der Waals surface area contributed by atoms with Gasteiger partial charge >= 0.3 is 0 Å². The summed E-state index contributed by atoms with van der Waals surface area (Å²) in [6, 6.07) is 5.61. The van der Waals surface area contributed by atoms with Gasteiger partial charge in [0, 0.05) is 12.7 Å². The lowest BCUT2D eigenvalue weighted by atomic mass is 10.2. The second-order valence-electron chi connectivity index (χ2n) is 5.47. The summed E-state index contributed by atoms with van der Waals surface area (Å²) in [5.41, 5.74) is 2.63. The molecule has 0 saturated heterocycles. The molecule has 0 bridgehead atoms. The van der Waals surface area contributed by atoms with Crippen molar-refractivity contribution in [2.24, 2.45) is 0 Å². The summed E-state index contributed by atoms with van der Waals surface area (Å²) in [6.45, 7) is 6.55. The largest absolute Gasteiger partial charge is 0.346 e. The third kappa shape index (κ3) is 2.94. The molecule has 23 heavy (non-hydrogen) atoms. The molecule has 0 aliphatic heterocycles. The van der Waals surface area contributed by atoms with Crippen LogP contribution in [0.4, 0.5) is 0 Å². The molecule has 0 radical (unpaired) electrons. The van der Waals surface area contributed by atoms with E-state index in [-0.39, 0.29) is 18.4 Å². The molecule has 1 N–H and O–H groups in total. The highest BCUT2D eigenvalue weighted by Gasteiger charge is 2.17. The maximum atomic E-state index is 12.4. The number of aryl methyl sites for hydroxylation is 2. The fourth-order valence-corrected chi connectivity index (χ4v) is 2.74. The number of rotatable bonds is 5. The molecule has 3 rings (SSSR count). The number of carbonyl (C=O) groups is 1. The SMILES string of the molecule is CCn1ncnc1C(C)NC(=O)Cc1c(C)nc2ccccn12. The number of aromatic nitrogens is 5. The Morgan fingerprint density at radius 3 is 3.00 bits per heavy atom. The molecule has 0 fully saturated rings. The van der Waals surface area contributed by atoms with Gasteiger partial charge in [-0.05, 0) is 32.9 Å². The molecule has 1 atom stereocenters. The van der Waals surface area contributed by atoms with E-state index in [0.29, 0.717) is 0 Å². The van der Waals surface area contributed by atoms with Crippen molar-refractivity contribution in [1.82, 2.24) is 29.5 Å². The maximum absolute atomic E-state index is 12.4. The highest BCUT2D eigenvalue weighted by molar-refractivity contribution is 5.79. The molecule has 0 aromatic carbocycles. The number of hydrogen-bond donors (Lipinski definition) is 1. The first-order valence-corrected chi connectivity index (χ1v) is 7.69. The third-order valence-corrected chi connectivity index (χ3v) is 3.87. The van der Waals surface area contributed by atoms with E-state index in [9.17, 15) is 4.79 Å². The summed E-state index contributed by atoms with van der Waals surface area (Å²) in [5.74, 6) is 0.702. The summed E-state index contributed by atoms with van der Waals surface area (Å²) in [6.07, 6.45) is 3.72. The van der Waals surface area contributed by atoms with E-state index in [2.05, 4.69) is 20.4 Å². The van der Waals surface area contributed by atoms with Gasteiger partial charge in [0.2, 0.25) is 5.91 Å². The molecule has 3 heterocycles. The smallest absolute Gasteiger partial charge is 0.226 e. The highest BCUT2D eigenvalue weighted by atomic mass is 16.1. The maximum Gasteiger partial charge on any atom is 0.226 e. The van der Waals surface area contributed by atoms with Gasteiger partial charge in [-0.15, -0.1) is 0 Å². The van der Waals surface area contributed by atoms with E-state index in [1.807, 2.05) is 49.6 Å². The van der Waals surface area contributed by atoms with E-state index in [1.165, 1.54) is 6.33 Å². The Morgan fingerprint density at radius 2 is 2.22 bits per heavy atom. The van der Waals surface area contributed by atoms with Crippen LogP contribution in [-0.2, 0) is 17.8 Å². The molecule has 7 nitrogen and oxygen atoms in total. The van der Waals surface area contributed by atoms with Gasteiger partial charge in [0.1, 0.15) is 17.8 Å². The van der Waals surface area contributed by atoms with Gasteiger partial charge in [-0.2, -0.15) is 5.10 Å². The number of nitrogens with zero attached hydrogens (tertiary/aromatic N) is 5. The number of imidazole rings is 1. The monoisotopic (exact) mass is 312 g/mol. The summed E-state index contributed by atoms with van der Waals surface area (Å²) in [7, 11) is 0. The molecular formula is C16H20N6O. The van der Waals surface area contributed by atoms with Crippen molar-refractivity contribution >= 4 is 11.6 Å². The summed E-state index contributed by atoms with van der Waals surface area (Å²) >= 11 is 0. The van der Waals surface area contributed by atoms with Gasteiger partial charge in [-0.1, -0.05) is 6.07 Å². The molecule has 120 valence electrons. The average Bonchev–Trinajstić information content (AvgIpc) is 3.12. The van der Waals surface area contributed by atoms with E-state index in [0.717, 1.165) is 29.4 Å². The second kappa shape index (κ2) is 6.20. The van der Waals surface area contributed by atoms with Crippen molar-refractivity contribution < 1.29 is 4.79 Å². The highest BCUT2D eigenvalue weighted by Crippen LogP contribution is 2.14. The minimum atomic E-state index is -0.190. The Kier molecular flexibility index (Phi) is 4.10. The Bertz CT molecular complexity index is 834. The van der Waals surface area contributed by atoms with Crippen molar-refractivity contribution in [1.29, 1.82) is 0 Å². The molecule has 0 spiro atoms. The third-order valence-electron chi connectivity index (χ3n) is 3.87. The average molecular weight is 312 g/mol. The molecule has 0 saturated carbocycles. The minimum absolute atomic E-state index is 0.0584. The van der Waals surface area contributed by atoms with Crippen LogP contribution in [0.2, 0.25) is 0 Å². The zero-order valence-corrected chi connectivity index (χ0v) is 13.5. The topological polar surface area (TPSA) is 77.1 Å². The Labute approximate surface area is 134 Å². The quantitative estimate of drug-likeness (QED) is 0.777. The lowest BCUT2D eigenvalue weighted by Gasteiger charge is -2.14. The van der Waals surface area contributed by atoms with Crippen LogP contribution in [0.5, 0.6) is 0 Å². The molecule has 3 aromatic rings. The van der Waals surface area contributed by atoms with Crippen LogP contribution in [0, 0.1) is 6.92 Å². The van der Waals surface area contributed by atoms with E-state index < -0.39 is 0 Å². The van der Waals surface area contributed by atoms with Gasteiger partial charge in [0.15, 0.2) is 0 Å². The fourth-order valence-electron chi connectivity index (χ4n) is 2.74. The van der Waals surface area contributed by atoms with Crippen LogP contribution in [0.3, 0.4) is 0 Å². The molecule has 0 aliphatic carbocycles. The van der Waals surface area contributed by atoms with Gasteiger partial charge in [-0.25, -0.2) is 14.6 Å². The zero-order valence-electron chi connectivity index (χ0n) is 13.5. The van der Waals surface area contributed by atoms with Gasteiger partial charge in [0.05, 0.1) is 23.9 Å². The molecular weight excluding hydrogens is 292 g/mol. The second-order valence-corrected chi connectivity index (χ2v) is 5.47. The van der Waals surface area contributed by atoms with E-state index >= 15 is 0 Å². The standard InChI is InChI=1S/C16H20N6O/c1-4-22-16(17-10-18-22)12(3)20-15(23)9-13-11(2)19-14-7-5-6-8-21(13)14/h5-8,10,12H,4,9H2,1-3H3,(H,20,23). The zero-order chi connectivity index (χ0) is 16.4.